The number of aryl methyl sites for hydroxylation is 1. The second-order valence-electron chi connectivity index (χ2n) is 5.21. The SMILES string of the molecule is COc1ccc2cc(C3(O)CCC3)n(C)c2c1OC. The predicted octanol–water partition coefficient (Wildman–Crippen LogP) is 2.57. The van der Waals surface area contributed by atoms with Crippen LogP contribution in [0.25, 0.3) is 10.9 Å². The van der Waals surface area contributed by atoms with Crippen LogP contribution in [-0.4, -0.2) is 23.9 Å². The van der Waals surface area contributed by atoms with Crippen molar-refractivity contribution in [3.05, 3.63) is 23.9 Å². The first-order chi connectivity index (χ1) is 9.10. The Morgan fingerprint density at radius 3 is 2.47 bits per heavy atom. The van der Waals surface area contributed by atoms with Crippen LogP contribution < -0.4 is 9.47 Å². The number of hydrogen-bond acceptors (Lipinski definition) is 3. The molecular weight excluding hydrogens is 242 g/mol. The molecule has 2 aromatic rings. The number of ether oxygens (including phenoxy) is 2. The van der Waals surface area contributed by atoms with Crippen LogP contribution >= 0.6 is 0 Å². The average molecular weight is 261 g/mol. The first-order valence-corrected chi connectivity index (χ1v) is 6.54. The summed E-state index contributed by atoms with van der Waals surface area (Å²) in [6.07, 6.45) is 2.74. The lowest BCUT2D eigenvalue weighted by Gasteiger charge is -2.37. The maximum atomic E-state index is 10.6. The summed E-state index contributed by atoms with van der Waals surface area (Å²) in [7, 11) is 5.24. The van der Waals surface area contributed by atoms with E-state index >= 15 is 0 Å². The second-order valence-corrected chi connectivity index (χ2v) is 5.21. The molecular formula is C15H19NO3. The Hall–Kier alpha value is -1.68. The normalized spacial score (nSPS) is 17.3. The summed E-state index contributed by atoms with van der Waals surface area (Å²) in [5.41, 5.74) is 1.25. The summed E-state index contributed by atoms with van der Waals surface area (Å²) < 4.78 is 12.8. The molecule has 1 N–H and O–H groups in total. The van der Waals surface area contributed by atoms with Crippen molar-refractivity contribution in [1.29, 1.82) is 0 Å². The van der Waals surface area contributed by atoms with Gasteiger partial charge >= 0.3 is 0 Å². The molecule has 0 amide bonds. The van der Waals surface area contributed by atoms with E-state index in [0.717, 1.165) is 41.6 Å². The molecule has 0 bridgehead atoms. The van der Waals surface area contributed by atoms with Crippen molar-refractivity contribution < 1.29 is 14.6 Å². The highest BCUT2D eigenvalue weighted by Gasteiger charge is 2.39. The second kappa shape index (κ2) is 4.17. The standard InChI is InChI=1S/C15H19NO3/c1-16-12(15(17)7-4-8-15)9-10-5-6-11(18-2)14(19-3)13(10)16/h5-6,9,17H,4,7-8H2,1-3H3. The van der Waals surface area contributed by atoms with E-state index in [1.54, 1.807) is 14.2 Å². The fourth-order valence-electron chi connectivity index (χ4n) is 2.97. The van der Waals surface area contributed by atoms with Gasteiger partial charge < -0.3 is 19.1 Å². The van der Waals surface area contributed by atoms with Crippen LogP contribution in [0.15, 0.2) is 18.2 Å². The number of nitrogens with zero attached hydrogens (tertiary/aromatic N) is 1. The van der Waals surface area contributed by atoms with Crippen molar-refractivity contribution in [3.8, 4) is 11.5 Å². The summed E-state index contributed by atoms with van der Waals surface area (Å²) >= 11 is 0. The molecule has 3 rings (SSSR count). The van der Waals surface area contributed by atoms with Gasteiger partial charge in [0.05, 0.1) is 25.4 Å². The molecule has 0 aliphatic heterocycles. The van der Waals surface area contributed by atoms with Gasteiger partial charge in [-0.2, -0.15) is 0 Å². The van der Waals surface area contributed by atoms with Crippen LogP contribution in [0.4, 0.5) is 0 Å². The fourth-order valence-corrected chi connectivity index (χ4v) is 2.97. The molecule has 0 radical (unpaired) electrons. The van der Waals surface area contributed by atoms with Crippen LogP contribution in [0.3, 0.4) is 0 Å². The van der Waals surface area contributed by atoms with Crippen molar-refractivity contribution >= 4 is 10.9 Å². The van der Waals surface area contributed by atoms with Crippen molar-refractivity contribution in [1.82, 2.24) is 4.57 Å². The van der Waals surface area contributed by atoms with Gasteiger partial charge in [0, 0.05) is 12.4 Å². The third-order valence-corrected chi connectivity index (χ3v) is 4.20. The molecule has 19 heavy (non-hydrogen) atoms. The molecule has 1 aliphatic rings. The van der Waals surface area contributed by atoms with E-state index in [1.165, 1.54) is 0 Å². The molecule has 1 heterocycles. The lowest BCUT2D eigenvalue weighted by Crippen LogP contribution is -2.35. The van der Waals surface area contributed by atoms with E-state index < -0.39 is 5.60 Å². The first kappa shape index (κ1) is 12.4. The van der Waals surface area contributed by atoms with E-state index in [9.17, 15) is 5.11 Å². The molecule has 1 saturated carbocycles. The van der Waals surface area contributed by atoms with Crippen molar-refractivity contribution in [2.24, 2.45) is 7.05 Å². The van der Waals surface area contributed by atoms with Crippen molar-refractivity contribution in [3.63, 3.8) is 0 Å². The Bertz CT molecular complexity index is 626. The van der Waals surface area contributed by atoms with Crippen LogP contribution in [0.1, 0.15) is 25.0 Å². The van der Waals surface area contributed by atoms with Crippen LogP contribution in [0, 0.1) is 0 Å². The number of benzene rings is 1. The Labute approximate surface area is 112 Å². The van der Waals surface area contributed by atoms with Crippen LogP contribution in [-0.2, 0) is 12.6 Å². The van der Waals surface area contributed by atoms with Gasteiger partial charge in [0.2, 0.25) is 0 Å². The smallest absolute Gasteiger partial charge is 0.185 e. The number of aliphatic hydroxyl groups is 1. The van der Waals surface area contributed by atoms with Crippen LogP contribution in [0.2, 0.25) is 0 Å². The lowest BCUT2D eigenvalue weighted by atomic mass is 9.78. The summed E-state index contributed by atoms with van der Waals surface area (Å²) in [5.74, 6) is 1.43. The quantitative estimate of drug-likeness (QED) is 0.923. The largest absolute Gasteiger partial charge is 0.493 e. The number of hydrogen-bond donors (Lipinski definition) is 1. The van der Waals surface area contributed by atoms with Gasteiger partial charge in [0.1, 0.15) is 5.60 Å². The highest BCUT2D eigenvalue weighted by atomic mass is 16.5. The molecule has 0 saturated heterocycles. The maximum Gasteiger partial charge on any atom is 0.185 e. The topological polar surface area (TPSA) is 43.6 Å². The van der Waals surface area contributed by atoms with Gasteiger partial charge in [0.15, 0.2) is 11.5 Å². The summed E-state index contributed by atoms with van der Waals surface area (Å²) in [6, 6.07) is 5.95. The minimum Gasteiger partial charge on any atom is -0.493 e. The summed E-state index contributed by atoms with van der Waals surface area (Å²) in [6.45, 7) is 0. The summed E-state index contributed by atoms with van der Waals surface area (Å²) in [5, 5.41) is 11.6. The molecule has 1 aliphatic carbocycles. The average Bonchev–Trinajstić information content (AvgIpc) is 2.73. The van der Waals surface area contributed by atoms with Gasteiger partial charge in [-0.1, -0.05) is 0 Å². The lowest BCUT2D eigenvalue weighted by molar-refractivity contribution is -0.0445. The Balaban J connectivity index is 2.26. The number of methoxy groups -OCH3 is 2. The molecule has 0 unspecified atom stereocenters. The van der Waals surface area contributed by atoms with Gasteiger partial charge in [0.25, 0.3) is 0 Å². The summed E-state index contributed by atoms with van der Waals surface area (Å²) in [4.78, 5) is 0. The number of fused-ring (bicyclic) bond motifs is 1. The zero-order valence-corrected chi connectivity index (χ0v) is 11.6. The fraction of sp³-hybridized carbons (Fsp3) is 0.467. The highest BCUT2D eigenvalue weighted by Crippen LogP contribution is 2.45. The zero-order valence-electron chi connectivity index (χ0n) is 11.6. The van der Waals surface area contributed by atoms with Gasteiger partial charge in [-0.25, -0.2) is 0 Å². The molecule has 4 heteroatoms. The molecule has 0 spiro atoms. The van der Waals surface area contributed by atoms with E-state index in [-0.39, 0.29) is 0 Å². The van der Waals surface area contributed by atoms with Gasteiger partial charge in [-0.05, 0) is 37.5 Å². The van der Waals surface area contributed by atoms with E-state index in [2.05, 4.69) is 6.07 Å². The van der Waals surface area contributed by atoms with Crippen molar-refractivity contribution in [2.75, 3.05) is 14.2 Å². The highest BCUT2D eigenvalue weighted by molar-refractivity contribution is 5.89. The minimum absolute atomic E-state index is 0.675. The molecule has 1 aromatic heterocycles. The Kier molecular flexibility index (Phi) is 2.71. The zero-order chi connectivity index (χ0) is 13.6. The first-order valence-electron chi connectivity index (χ1n) is 6.54. The third-order valence-electron chi connectivity index (χ3n) is 4.20. The molecule has 1 aromatic carbocycles. The molecule has 102 valence electrons. The maximum absolute atomic E-state index is 10.6. The monoisotopic (exact) mass is 261 g/mol. The Morgan fingerprint density at radius 1 is 1.21 bits per heavy atom. The van der Waals surface area contributed by atoms with E-state index in [0.29, 0.717) is 5.75 Å². The van der Waals surface area contributed by atoms with Gasteiger partial charge in [-0.15, -0.1) is 0 Å². The van der Waals surface area contributed by atoms with Gasteiger partial charge in [-0.3, -0.25) is 0 Å². The van der Waals surface area contributed by atoms with Crippen molar-refractivity contribution in [2.45, 2.75) is 24.9 Å². The molecule has 0 atom stereocenters. The molecule has 4 nitrogen and oxygen atoms in total. The van der Waals surface area contributed by atoms with Crippen LogP contribution in [0.5, 0.6) is 11.5 Å². The minimum atomic E-state index is -0.675. The Morgan fingerprint density at radius 2 is 1.95 bits per heavy atom. The number of aromatic nitrogens is 1. The number of rotatable bonds is 3. The molecule has 1 fully saturated rings. The van der Waals surface area contributed by atoms with E-state index in [4.69, 9.17) is 9.47 Å². The third kappa shape index (κ3) is 1.63. The predicted molar refractivity (Wildman–Crippen MR) is 73.8 cm³/mol. The van der Waals surface area contributed by atoms with E-state index in [1.807, 2.05) is 23.7 Å².